The fourth-order valence-electron chi connectivity index (χ4n) is 0.639. The number of nitrogen functional groups attached to an aromatic ring is 1. The third-order valence-electron chi connectivity index (χ3n) is 1.15. The van der Waals surface area contributed by atoms with Crippen LogP contribution in [0.5, 0.6) is 0 Å². The van der Waals surface area contributed by atoms with Crippen molar-refractivity contribution in [1.29, 1.82) is 0 Å². The van der Waals surface area contributed by atoms with Crippen molar-refractivity contribution in [3.63, 3.8) is 0 Å². The van der Waals surface area contributed by atoms with Crippen molar-refractivity contribution < 1.29 is 0 Å². The Bertz CT molecular complexity index is 252. The van der Waals surface area contributed by atoms with Gasteiger partial charge in [0, 0.05) is 0 Å². The van der Waals surface area contributed by atoms with E-state index in [0.29, 0.717) is 20.8 Å². The zero-order chi connectivity index (χ0) is 8.43. The van der Waals surface area contributed by atoms with Crippen LogP contribution in [0.2, 0.25) is 15.1 Å². The fourth-order valence-corrected chi connectivity index (χ4v) is 1.24. The summed E-state index contributed by atoms with van der Waals surface area (Å²) >= 11 is 17.0. The average Bonchev–Trinajstić information content (AvgIpc) is 1.99. The van der Waals surface area contributed by atoms with Gasteiger partial charge in [-0.05, 0) is 12.1 Å². The molecule has 0 saturated heterocycles. The van der Waals surface area contributed by atoms with E-state index in [9.17, 15) is 0 Å². The molecule has 11 heavy (non-hydrogen) atoms. The van der Waals surface area contributed by atoms with Crippen LogP contribution in [-0.2, 0) is 0 Å². The molecule has 0 aliphatic heterocycles. The molecule has 0 aliphatic rings. The first kappa shape index (κ1) is 8.94. The molecule has 0 bridgehead atoms. The molecule has 3 N–H and O–H groups in total. The van der Waals surface area contributed by atoms with Gasteiger partial charge in [-0.15, -0.1) is 0 Å². The van der Waals surface area contributed by atoms with Crippen molar-refractivity contribution in [2.24, 2.45) is 5.84 Å². The van der Waals surface area contributed by atoms with Crippen LogP contribution in [0.25, 0.3) is 0 Å². The van der Waals surface area contributed by atoms with E-state index in [1.54, 1.807) is 12.1 Å². The lowest BCUT2D eigenvalue weighted by molar-refractivity contribution is 1.35. The van der Waals surface area contributed by atoms with Gasteiger partial charge in [0.1, 0.15) is 0 Å². The second kappa shape index (κ2) is 3.50. The number of nitrogens with one attached hydrogen (secondary N) is 1. The van der Waals surface area contributed by atoms with Gasteiger partial charge in [0.15, 0.2) is 0 Å². The van der Waals surface area contributed by atoms with E-state index >= 15 is 0 Å². The van der Waals surface area contributed by atoms with Gasteiger partial charge in [0.2, 0.25) is 0 Å². The SMILES string of the molecule is NNc1cc(Cl)c(Cl)c(Cl)c1. The third-order valence-corrected chi connectivity index (χ3v) is 2.35. The van der Waals surface area contributed by atoms with Crippen molar-refractivity contribution in [2.45, 2.75) is 0 Å². The van der Waals surface area contributed by atoms with E-state index in [2.05, 4.69) is 5.43 Å². The van der Waals surface area contributed by atoms with Crippen molar-refractivity contribution in [3.05, 3.63) is 27.2 Å². The number of halogens is 3. The lowest BCUT2D eigenvalue weighted by Crippen LogP contribution is -2.06. The standard InChI is InChI=1S/C6H5Cl3N2/c7-4-1-3(11-10)2-5(8)6(4)9/h1-2,11H,10H2. The Hall–Kier alpha value is -0.150. The average molecular weight is 211 g/mol. The molecule has 1 rings (SSSR count). The molecule has 0 fully saturated rings. The highest BCUT2D eigenvalue weighted by molar-refractivity contribution is 6.48. The van der Waals surface area contributed by atoms with E-state index in [1.165, 1.54) is 0 Å². The molecule has 1 aromatic rings. The first-order valence-electron chi connectivity index (χ1n) is 2.76. The molecule has 0 aliphatic carbocycles. The van der Waals surface area contributed by atoms with Gasteiger partial charge in [0.05, 0.1) is 20.8 Å². The second-order valence-corrected chi connectivity index (χ2v) is 3.09. The molecule has 0 spiro atoms. The Labute approximate surface area is 79.2 Å². The first-order valence-corrected chi connectivity index (χ1v) is 3.89. The van der Waals surface area contributed by atoms with Crippen LogP contribution in [0.3, 0.4) is 0 Å². The number of rotatable bonds is 1. The Balaban J connectivity index is 3.21. The molecule has 2 nitrogen and oxygen atoms in total. The molecule has 0 radical (unpaired) electrons. The van der Waals surface area contributed by atoms with E-state index in [1.807, 2.05) is 0 Å². The van der Waals surface area contributed by atoms with Gasteiger partial charge in [-0.2, -0.15) is 0 Å². The maximum atomic E-state index is 5.69. The predicted octanol–water partition coefficient (Wildman–Crippen LogP) is 2.93. The van der Waals surface area contributed by atoms with Crippen LogP contribution in [0, 0.1) is 0 Å². The highest BCUT2D eigenvalue weighted by atomic mass is 35.5. The summed E-state index contributed by atoms with van der Waals surface area (Å²) < 4.78 is 0. The number of hydrogen-bond donors (Lipinski definition) is 2. The van der Waals surface area contributed by atoms with Crippen LogP contribution >= 0.6 is 34.8 Å². The summed E-state index contributed by atoms with van der Waals surface area (Å²) in [6, 6.07) is 3.19. The van der Waals surface area contributed by atoms with E-state index in [4.69, 9.17) is 40.6 Å². The highest BCUT2D eigenvalue weighted by Crippen LogP contribution is 2.32. The minimum atomic E-state index is 0.340. The van der Waals surface area contributed by atoms with E-state index in [-0.39, 0.29) is 0 Å². The summed E-state index contributed by atoms with van der Waals surface area (Å²) in [6.45, 7) is 0. The monoisotopic (exact) mass is 210 g/mol. The van der Waals surface area contributed by atoms with Crippen LogP contribution < -0.4 is 11.3 Å². The molecular weight excluding hydrogens is 206 g/mol. The summed E-state index contributed by atoms with van der Waals surface area (Å²) in [5, 5.41) is 1.10. The summed E-state index contributed by atoms with van der Waals surface area (Å²) in [5.74, 6) is 5.13. The predicted molar refractivity (Wildman–Crippen MR) is 49.3 cm³/mol. The Morgan fingerprint density at radius 2 is 1.55 bits per heavy atom. The molecule has 0 unspecified atom stereocenters. The molecule has 5 heteroatoms. The maximum absolute atomic E-state index is 5.69. The van der Waals surface area contributed by atoms with Gasteiger partial charge in [-0.1, -0.05) is 34.8 Å². The van der Waals surface area contributed by atoms with Gasteiger partial charge in [0.25, 0.3) is 0 Å². The lowest BCUT2D eigenvalue weighted by Gasteiger charge is -2.03. The summed E-state index contributed by atoms with van der Waals surface area (Å²) in [5.41, 5.74) is 3.04. The number of nitrogens with two attached hydrogens (primary N) is 1. The molecule has 60 valence electrons. The minimum absolute atomic E-state index is 0.340. The van der Waals surface area contributed by atoms with Gasteiger partial charge in [-0.25, -0.2) is 0 Å². The van der Waals surface area contributed by atoms with Crippen molar-refractivity contribution in [2.75, 3.05) is 5.43 Å². The number of benzene rings is 1. The van der Waals surface area contributed by atoms with Crippen molar-refractivity contribution in [3.8, 4) is 0 Å². The van der Waals surface area contributed by atoms with Crippen LogP contribution in [-0.4, -0.2) is 0 Å². The molecule has 0 aromatic heterocycles. The van der Waals surface area contributed by atoms with E-state index in [0.717, 1.165) is 0 Å². The van der Waals surface area contributed by atoms with Gasteiger partial charge < -0.3 is 5.43 Å². The third kappa shape index (κ3) is 1.91. The molecule has 0 saturated carbocycles. The van der Waals surface area contributed by atoms with Gasteiger partial charge in [-0.3, -0.25) is 5.84 Å². The minimum Gasteiger partial charge on any atom is -0.324 e. The largest absolute Gasteiger partial charge is 0.324 e. The summed E-state index contributed by atoms with van der Waals surface area (Å²) in [7, 11) is 0. The van der Waals surface area contributed by atoms with Crippen molar-refractivity contribution in [1.82, 2.24) is 0 Å². The van der Waals surface area contributed by atoms with Crippen molar-refractivity contribution >= 4 is 40.5 Å². The Kier molecular flexibility index (Phi) is 2.84. The topological polar surface area (TPSA) is 38.0 Å². The maximum Gasteiger partial charge on any atom is 0.0780 e. The zero-order valence-electron chi connectivity index (χ0n) is 5.37. The lowest BCUT2D eigenvalue weighted by atomic mass is 10.3. The molecule has 1 aromatic carbocycles. The van der Waals surface area contributed by atoms with E-state index < -0.39 is 0 Å². The zero-order valence-corrected chi connectivity index (χ0v) is 7.63. The van der Waals surface area contributed by atoms with Gasteiger partial charge >= 0.3 is 0 Å². The first-order chi connectivity index (χ1) is 5.15. The number of hydrazine groups is 1. The number of anilines is 1. The summed E-state index contributed by atoms with van der Waals surface area (Å²) in [4.78, 5) is 0. The highest BCUT2D eigenvalue weighted by Gasteiger charge is 2.04. The normalized spacial score (nSPS) is 9.82. The Morgan fingerprint density at radius 1 is 1.09 bits per heavy atom. The summed E-state index contributed by atoms with van der Waals surface area (Å²) in [6.07, 6.45) is 0. The van der Waals surface area contributed by atoms with Crippen LogP contribution in [0.1, 0.15) is 0 Å². The number of hydrogen-bond acceptors (Lipinski definition) is 2. The fraction of sp³-hybridized carbons (Fsp3) is 0. The molecule has 0 heterocycles. The quantitative estimate of drug-likeness (QED) is 0.426. The molecule has 0 atom stereocenters. The van der Waals surface area contributed by atoms with Crippen LogP contribution in [0.4, 0.5) is 5.69 Å². The smallest absolute Gasteiger partial charge is 0.0780 e. The van der Waals surface area contributed by atoms with Crippen LogP contribution in [0.15, 0.2) is 12.1 Å². The Morgan fingerprint density at radius 3 is 1.91 bits per heavy atom. The molecule has 0 amide bonds. The molecular formula is C6H5Cl3N2. The second-order valence-electron chi connectivity index (χ2n) is 1.90.